The van der Waals surface area contributed by atoms with E-state index in [0.717, 1.165) is 25.7 Å². The number of hydrogen-bond donors (Lipinski definition) is 3. The summed E-state index contributed by atoms with van der Waals surface area (Å²) in [6, 6.07) is -0.0356. The van der Waals surface area contributed by atoms with Crippen molar-refractivity contribution in [3.63, 3.8) is 0 Å². The van der Waals surface area contributed by atoms with E-state index in [0.29, 0.717) is 5.92 Å². The molecule has 1 saturated carbocycles. The lowest BCUT2D eigenvalue weighted by atomic mass is 9.88. The first-order chi connectivity index (χ1) is 9.13. The minimum atomic E-state index is -3.58. The summed E-state index contributed by atoms with van der Waals surface area (Å²) in [6.07, 6.45) is 3.74. The lowest BCUT2D eigenvalue weighted by molar-refractivity contribution is -0.120. The van der Waals surface area contributed by atoms with E-state index in [1.807, 2.05) is 0 Å². The van der Waals surface area contributed by atoms with Gasteiger partial charge in [0.1, 0.15) is 5.75 Å². The Balaban J connectivity index is 2.47. The van der Waals surface area contributed by atoms with Gasteiger partial charge in [0.15, 0.2) is 0 Å². The highest BCUT2D eigenvalue weighted by atomic mass is 32.2. The van der Waals surface area contributed by atoms with Crippen molar-refractivity contribution in [2.24, 2.45) is 11.7 Å². The smallest absolute Gasteiger partial charge is 0.237 e. The molecule has 4 N–H and O–H groups in total. The van der Waals surface area contributed by atoms with Crippen LogP contribution in [-0.2, 0) is 14.8 Å². The summed E-state index contributed by atoms with van der Waals surface area (Å²) in [5.41, 5.74) is 4.91. The van der Waals surface area contributed by atoms with E-state index in [-0.39, 0.29) is 12.6 Å². The van der Waals surface area contributed by atoms with Gasteiger partial charge in [-0.25, -0.2) is 13.1 Å². The molecule has 0 radical (unpaired) electrons. The van der Waals surface area contributed by atoms with Gasteiger partial charge in [0, 0.05) is 18.1 Å². The quantitative estimate of drug-likeness (QED) is 0.658. The standard InChI is InChI=1S/C13H27N3O3S/c1-10-4-6-11(7-5-10)16-20(18,19)8-12(17)15-13(2,3)9-14/h10-11,16H,4-9,14H2,1-3H3,(H,15,17). The molecule has 0 atom stereocenters. The van der Waals surface area contributed by atoms with Gasteiger partial charge in [0.2, 0.25) is 15.9 Å². The average molecular weight is 305 g/mol. The van der Waals surface area contributed by atoms with Crippen LogP contribution < -0.4 is 15.8 Å². The first-order valence-electron chi connectivity index (χ1n) is 7.14. The zero-order valence-corrected chi connectivity index (χ0v) is 13.4. The summed E-state index contributed by atoms with van der Waals surface area (Å²) in [7, 11) is -3.58. The molecular weight excluding hydrogens is 278 g/mol. The maximum absolute atomic E-state index is 12.0. The van der Waals surface area contributed by atoms with Gasteiger partial charge in [-0.2, -0.15) is 0 Å². The Morgan fingerprint density at radius 2 is 1.80 bits per heavy atom. The van der Waals surface area contributed by atoms with Crippen molar-refractivity contribution in [1.29, 1.82) is 0 Å². The van der Waals surface area contributed by atoms with Gasteiger partial charge in [-0.15, -0.1) is 0 Å². The fourth-order valence-corrected chi connectivity index (χ4v) is 3.55. The van der Waals surface area contributed by atoms with Crippen LogP contribution in [0.25, 0.3) is 0 Å². The fourth-order valence-electron chi connectivity index (χ4n) is 2.31. The van der Waals surface area contributed by atoms with Crippen molar-refractivity contribution < 1.29 is 13.2 Å². The molecule has 0 heterocycles. The summed E-state index contributed by atoms with van der Waals surface area (Å²) < 4.78 is 26.6. The van der Waals surface area contributed by atoms with Crippen molar-refractivity contribution in [2.75, 3.05) is 12.3 Å². The van der Waals surface area contributed by atoms with Crippen LogP contribution in [0.3, 0.4) is 0 Å². The molecule has 1 fully saturated rings. The van der Waals surface area contributed by atoms with Crippen LogP contribution in [0.5, 0.6) is 0 Å². The molecule has 1 aliphatic rings. The minimum absolute atomic E-state index is 0.0356. The highest BCUT2D eigenvalue weighted by Gasteiger charge is 2.26. The van der Waals surface area contributed by atoms with Gasteiger partial charge in [-0.3, -0.25) is 4.79 Å². The van der Waals surface area contributed by atoms with E-state index < -0.39 is 27.2 Å². The predicted molar refractivity (Wildman–Crippen MR) is 79.6 cm³/mol. The van der Waals surface area contributed by atoms with Gasteiger partial charge < -0.3 is 11.1 Å². The monoisotopic (exact) mass is 305 g/mol. The van der Waals surface area contributed by atoms with E-state index in [1.54, 1.807) is 13.8 Å². The Kier molecular flexibility index (Phi) is 5.97. The third-order valence-corrected chi connectivity index (χ3v) is 5.01. The number of nitrogens with two attached hydrogens (primary N) is 1. The number of sulfonamides is 1. The summed E-state index contributed by atoms with van der Waals surface area (Å²) in [4.78, 5) is 11.7. The van der Waals surface area contributed by atoms with Crippen LogP contribution in [0, 0.1) is 5.92 Å². The van der Waals surface area contributed by atoms with E-state index in [9.17, 15) is 13.2 Å². The molecule has 1 amide bonds. The Morgan fingerprint density at radius 3 is 2.30 bits per heavy atom. The first kappa shape index (κ1) is 17.4. The predicted octanol–water partition coefficient (Wildman–Crippen LogP) is 0.338. The Bertz CT molecular complexity index is 426. The van der Waals surface area contributed by atoms with Gasteiger partial charge in [-0.1, -0.05) is 6.92 Å². The zero-order chi connectivity index (χ0) is 15.4. The van der Waals surface area contributed by atoms with Crippen LogP contribution in [0.2, 0.25) is 0 Å². The molecule has 0 spiro atoms. The summed E-state index contributed by atoms with van der Waals surface area (Å²) in [5.74, 6) is -0.399. The van der Waals surface area contributed by atoms with Gasteiger partial charge in [-0.05, 0) is 45.4 Å². The van der Waals surface area contributed by atoms with Gasteiger partial charge in [0.05, 0.1) is 0 Å². The number of hydrogen-bond acceptors (Lipinski definition) is 4. The van der Waals surface area contributed by atoms with E-state index in [4.69, 9.17) is 5.73 Å². The molecule has 0 unspecified atom stereocenters. The van der Waals surface area contributed by atoms with Crippen LogP contribution in [0.1, 0.15) is 46.5 Å². The molecule has 7 heteroatoms. The minimum Gasteiger partial charge on any atom is -0.349 e. The van der Waals surface area contributed by atoms with E-state index >= 15 is 0 Å². The maximum Gasteiger partial charge on any atom is 0.237 e. The van der Waals surface area contributed by atoms with E-state index in [1.165, 1.54) is 0 Å². The SMILES string of the molecule is CC1CCC(NS(=O)(=O)CC(=O)NC(C)(C)CN)CC1. The molecule has 20 heavy (non-hydrogen) atoms. The summed E-state index contributed by atoms with van der Waals surface area (Å²) in [6.45, 7) is 5.95. The molecule has 1 rings (SSSR count). The first-order valence-corrected chi connectivity index (χ1v) is 8.80. The molecule has 0 aromatic rings. The normalized spacial score (nSPS) is 24.4. The van der Waals surface area contributed by atoms with Crippen molar-refractivity contribution in [2.45, 2.75) is 58.0 Å². The van der Waals surface area contributed by atoms with E-state index in [2.05, 4.69) is 17.0 Å². The van der Waals surface area contributed by atoms with Crippen LogP contribution in [0.4, 0.5) is 0 Å². The third-order valence-electron chi connectivity index (χ3n) is 3.67. The topological polar surface area (TPSA) is 101 Å². The van der Waals surface area contributed by atoms with Crippen LogP contribution in [0.15, 0.2) is 0 Å². The number of carbonyl (C=O) groups is 1. The Labute approximate surface area is 121 Å². The molecule has 1 aliphatic carbocycles. The molecule has 0 aromatic heterocycles. The molecule has 0 bridgehead atoms. The van der Waals surface area contributed by atoms with Crippen molar-refractivity contribution in [3.05, 3.63) is 0 Å². The van der Waals surface area contributed by atoms with Crippen molar-refractivity contribution in [1.82, 2.24) is 10.0 Å². The van der Waals surface area contributed by atoms with Crippen LogP contribution >= 0.6 is 0 Å². The number of amides is 1. The second kappa shape index (κ2) is 6.87. The zero-order valence-electron chi connectivity index (χ0n) is 12.6. The summed E-state index contributed by atoms with van der Waals surface area (Å²) in [5, 5.41) is 2.62. The molecule has 0 saturated heterocycles. The maximum atomic E-state index is 12.0. The Morgan fingerprint density at radius 1 is 1.25 bits per heavy atom. The average Bonchev–Trinajstić information content (AvgIpc) is 2.30. The van der Waals surface area contributed by atoms with Gasteiger partial charge >= 0.3 is 0 Å². The Hall–Kier alpha value is -0.660. The molecular formula is C13H27N3O3S. The van der Waals surface area contributed by atoms with Crippen LogP contribution in [-0.4, -0.2) is 38.2 Å². The number of nitrogens with one attached hydrogen (secondary N) is 2. The fraction of sp³-hybridized carbons (Fsp3) is 0.923. The highest BCUT2D eigenvalue weighted by Crippen LogP contribution is 2.23. The lowest BCUT2D eigenvalue weighted by Gasteiger charge is -2.27. The molecule has 0 aliphatic heterocycles. The highest BCUT2D eigenvalue weighted by molar-refractivity contribution is 7.90. The number of rotatable bonds is 6. The second-order valence-electron chi connectivity index (χ2n) is 6.47. The molecule has 118 valence electrons. The molecule has 0 aromatic carbocycles. The third kappa shape index (κ3) is 6.19. The van der Waals surface area contributed by atoms with Gasteiger partial charge in [0.25, 0.3) is 0 Å². The van der Waals surface area contributed by atoms with Crippen molar-refractivity contribution >= 4 is 15.9 Å². The summed E-state index contributed by atoms with van der Waals surface area (Å²) >= 11 is 0. The largest absolute Gasteiger partial charge is 0.349 e. The number of carbonyl (C=O) groups excluding carboxylic acids is 1. The second-order valence-corrected chi connectivity index (χ2v) is 8.22. The van der Waals surface area contributed by atoms with Crippen molar-refractivity contribution in [3.8, 4) is 0 Å². The lowest BCUT2D eigenvalue weighted by Crippen LogP contribution is -2.52. The molecule has 6 nitrogen and oxygen atoms in total.